The standard InChI is InChI=1S/C13H23N5/c1-14-12-6-8-16-13(17-12)15-7-5-11-4-3-9-18(2)10-11/h6,8,11H,3-5,7,9-10H2,1-2H3,(H2,14,15,16,17). The second-order valence-electron chi connectivity index (χ2n) is 5.00. The van der Waals surface area contributed by atoms with Gasteiger partial charge in [-0.15, -0.1) is 0 Å². The molecule has 1 atom stereocenters. The van der Waals surface area contributed by atoms with E-state index in [2.05, 4.69) is 32.5 Å². The molecule has 5 heteroatoms. The largest absolute Gasteiger partial charge is 0.373 e. The van der Waals surface area contributed by atoms with Crippen molar-refractivity contribution in [3.05, 3.63) is 12.3 Å². The van der Waals surface area contributed by atoms with Crippen molar-refractivity contribution in [2.45, 2.75) is 19.3 Å². The molecule has 1 aromatic heterocycles. The highest BCUT2D eigenvalue weighted by Crippen LogP contribution is 2.18. The molecular formula is C13H23N5. The van der Waals surface area contributed by atoms with E-state index in [1.54, 1.807) is 6.20 Å². The van der Waals surface area contributed by atoms with Gasteiger partial charge >= 0.3 is 0 Å². The van der Waals surface area contributed by atoms with Crippen LogP contribution in [0, 0.1) is 5.92 Å². The zero-order valence-corrected chi connectivity index (χ0v) is 11.3. The number of nitrogens with zero attached hydrogens (tertiary/aromatic N) is 3. The topological polar surface area (TPSA) is 53.1 Å². The van der Waals surface area contributed by atoms with Crippen molar-refractivity contribution in [1.82, 2.24) is 14.9 Å². The van der Waals surface area contributed by atoms with Crippen LogP contribution in [0.15, 0.2) is 12.3 Å². The first-order valence-electron chi connectivity index (χ1n) is 6.71. The molecular weight excluding hydrogens is 226 g/mol. The zero-order valence-electron chi connectivity index (χ0n) is 11.3. The molecule has 0 aromatic carbocycles. The smallest absolute Gasteiger partial charge is 0.224 e. The fraction of sp³-hybridized carbons (Fsp3) is 0.692. The van der Waals surface area contributed by atoms with Gasteiger partial charge in [0.25, 0.3) is 0 Å². The second-order valence-corrected chi connectivity index (χ2v) is 5.00. The van der Waals surface area contributed by atoms with Crippen LogP contribution >= 0.6 is 0 Å². The predicted molar refractivity (Wildman–Crippen MR) is 74.9 cm³/mol. The van der Waals surface area contributed by atoms with Gasteiger partial charge in [0, 0.05) is 26.3 Å². The van der Waals surface area contributed by atoms with Gasteiger partial charge < -0.3 is 15.5 Å². The quantitative estimate of drug-likeness (QED) is 0.831. The fourth-order valence-corrected chi connectivity index (χ4v) is 2.48. The number of anilines is 2. The number of aromatic nitrogens is 2. The average molecular weight is 249 g/mol. The van der Waals surface area contributed by atoms with Crippen molar-refractivity contribution >= 4 is 11.8 Å². The molecule has 0 amide bonds. The summed E-state index contributed by atoms with van der Waals surface area (Å²) >= 11 is 0. The molecule has 1 aromatic rings. The molecule has 2 rings (SSSR count). The van der Waals surface area contributed by atoms with Crippen molar-refractivity contribution < 1.29 is 0 Å². The molecule has 0 radical (unpaired) electrons. The molecule has 1 fully saturated rings. The molecule has 100 valence electrons. The molecule has 18 heavy (non-hydrogen) atoms. The van der Waals surface area contributed by atoms with Gasteiger partial charge in [-0.05, 0) is 44.8 Å². The number of hydrogen-bond acceptors (Lipinski definition) is 5. The molecule has 0 saturated carbocycles. The Hall–Kier alpha value is -1.36. The van der Waals surface area contributed by atoms with Crippen molar-refractivity contribution in [3.63, 3.8) is 0 Å². The van der Waals surface area contributed by atoms with Crippen LogP contribution in [0.25, 0.3) is 0 Å². The number of piperidine rings is 1. The lowest BCUT2D eigenvalue weighted by Gasteiger charge is -2.29. The normalized spacial score (nSPS) is 20.7. The molecule has 0 aliphatic carbocycles. The Morgan fingerprint density at radius 2 is 2.39 bits per heavy atom. The van der Waals surface area contributed by atoms with Crippen LogP contribution < -0.4 is 10.6 Å². The van der Waals surface area contributed by atoms with Gasteiger partial charge in [-0.25, -0.2) is 4.98 Å². The molecule has 5 nitrogen and oxygen atoms in total. The van der Waals surface area contributed by atoms with Crippen molar-refractivity contribution in [2.24, 2.45) is 5.92 Å². The minimum atomic E-state index is 0.714. The molecule has 2 N–H and O–H groups in total. The third kappa shape index (κ3) is 3.84. The molecule has 1 saturated heterocycles. The van der Waals surface area contributed by atoms with Crippen LogP contribution in [0.5, 0.6) is 0 Å². The summed E-state index contributed by atoms with van der Waals surface area (Å²) in [4.78, 5) is 11.0. The van der Waals surface area contributed by atoms with Crippen LogP contribution in [0.4, 0.5) is 11.8 Å². The van der Waals surface area contributed by atoms with E-state index in [9.17, 15) is 0 Å². The van der Waals surface area contributed by atoms with Gasteiger partial charge in [-0.1, -0.05) is 0 Å². The van der Waals surface area contributed by atoms with Gasteiger partial charge in [-0.3, -0.25) is 0 Å². The Kier molecular flexibility index (Phi) is 4.75. The Morgan fingerprint density at radius 3 is 3.17 bits per heavy atom. The molecule has 2 heterocycles. The Bertz CT molecular complexity index is 368. The lowest BCUT2D eigenvalue weighted by atomic mass is 9.95. The van der Waals surface area contributed by atoms with E-state index in [0.717, 1.165) is 18.3 Å². The van der Waals surface area contributed by atoms with Crippen molar-refractivity contribution in [2.75, 3.05) is 44.4 Å². The summed E-state index contributed by atoms with van der Waals surface area (Å²) in [5.74, 6) is 2.37. The Balaban J connectivity index is 1.74. The number of likely N-dealkylation sites (tertiary alicyclic amines) is 1. The first-order valence-corrected chi connectivity index (χ1v) is 6.71. The van der Waals surface area contributed by atoms with Crippen molar-refractivity contribution in [1.29, 1.82) is 0 Å². The van der Waals surface area contributed by atoms with Crippen LogP contribution in [-0.2, 0) is 0 Å². The van der Waals surface area contributed by atoms with E-state index in [0.29, 0.717) is 5.95 Å². The van der Waals surface area contributed by atoms with E-state index < -0.39 is 0 Å². The maximum atomic E-state index is 4.35. The highest BCUT2D eigenvalue weighted by Gasteiger charge is 2.16. The number of nitrogens with one attached hydrogen (secondary N) is 2. The van der Waals surface area contributed by atoms with Gasteiger partial charge in [0.15, 0.2) is 0 Å². The highest BCUT2D eigenvalue weighted by atomic mass is 15.1. The third-order valence-corrected chi connectivity index (χ3v) is 3.47. The van der Waals surface area contributed by atoms with Crippen LogP contribution in [0.2, 0.25) is 0 Å². The molecule has 1 aliphatic heterocycles. The van der Waals surface area contributed by atoms with Gasteiger partial charge in [0.2, 0.25) is 5.95 Å². The summed E-state index contributed by atoms with van der Waals surface area (Å²) in [5, 5.41) is 6.32. The molecule has 0 bridgehead atoms. The Morgan fingerprint density at radius 1 is 1.50 bits per heavy atom. The number of rotatable bonds is 5. The summed E-state index contributed by atoms with van der Waals surface area (Å²) in [6.07, 6.45) is 5.64. The second kappa shape index (κ2) is 6.54. The monoisotopic (exact) mass is 249 g/mol. The average Bonchev–Trinajstić information content (AvgIpc) is 2.39. The van der Waals surface area contributed by atoms with E-state index in [1.165, 1.54) is 32.4 Å². The fourth-order valence-electron chi connectivity index (χ4n) is 2.48. The molecule has 0 spiro atoms. The maximum absolute atomic E-state index is 4.35. The first-order chi connectivity index (χ1) is 8.78. The first kappa shape index (κ1) is 13.1. The van der Waals surface area contributed by atoms with E-state index >= 15 is 0 Å². The third-order valence-electron chi connectivity index (χ3n) is 3.47. The van der Waals surface area contributed by atoms with Crippen LogP contribution in [-0.4, -0.2) is 48.6 Å². The minimum Gasteiger partial charge on any atom is -0.373 e. The molecule has 1 aliphatic rings. The Labute approximate surface area is 109 Å². The van der Waals surface area contributed by atoms with E-state index in [4.69, 9.17) is 0 Å². The van der Waals surface area contributed by atoms with E-state index in [-0.39, 0.29) is 0 Å². The molecule has 1 unspecified atom stereocenters. The van der Waals surface area contributed by atoms with Gasteiger partial charge in [0.1, 0.15) is 5.82 Å². The highest BCUT2D eigenvalue weighted by molar-refractivity contribution is 5.38. The summed E-state index contributed by atoms with van der Waals surface area (Å²) in [6, 6.07) is 1.86. The van der Waals surface area contributed by atoms with E-state index in [1.807, 2.05) is 13.1 Å². The van der Waals surface area contributed by atoms with Crippen LogP contribution in [0.3, 0.4) is 0 Å². The van der Waals surface area contributed by atoms with Gasteiger partial charge in [0.05, 0.1) is 0 Å². The maximum Gasteiger partial charge on any atom is 0.224 e. The SMILES string of the molecule is CNc1ccnc(NCCC2CCCN(C)C2)n1. The van der Waals surface area contributed by atoms with Crippen LogP contribution in [0.1, 0.15) is 19.3 Å². The summed E-state index contributed by atoms with van der Waals surface area (Å²) in [5.41, 5.74) is 0. The minimum absolute atomic E-state index is 0.714. The lowest BCUT2D eigenvalue weighted by Crippen LogP contribution is -2.32. The lowest BCUT2D eigenvalue weighted by molar-refractivity contribution is 0.205. The summed E-state index contributed by atoms with van der Waals surface area (Å²) in [7, 11) is 4.07. The van der Waals surface area contributed by atoms with Gasteiger partial charge in [-0.2, -0.15) is 4.98 Å². The summed E-state index contributed by atoms with van der Waals surface area (Å²) < 4.78 is 0. The number of hydrogen-bond donors (Lipinski definition) is 2. The zero-order chi connectivity index (χ0) is 12.8. The van der Waals surface area contributed by atoms with Crippen molar-refractivity contribution in [3.8, 4) is 0 Å². The predicted octanol–water partition coefficient (Wildman–Crippen LogP) is 1.66. The summed E-state index contributed by atoms with van der Waals surface area (Å²) in [6.45, 7) is 3.42.